The van der Waals surface area contributed by atoms with Crippen molar-refractivity contribution in [1.29, 1.82) is 0 Å². The molecule has 3 heteroatoms. The van der Waals surface area contributed by atoms with E-state index >= 15 is 0 Å². The van der Waals surface area contributed by atoms with Crippen LogP contribution in [0.2, 0.25) is 0 Å². The summed E-state index contributed by atoms with van der Waals surface area (Å²) >= 11 is 1.72. The van der Waals surface area contributed by atoms with E-state index < -0.39 is 0 Å². The van der Waals surface area contributed by atoms with Crippen LogP contribution in [0.5, 0.6) is 0 Å². The minimum atomic E-state index is 0.613. The number of hydrogen-bond donors (Lipinski definition) is 2. The summed E-state index contributed by atoms with van der Waals surface area (Å²) in [6, 6.07) is 11.1. The van der Waals surface area contributed by atoms with Crippen LogP contribution < -0.4 is 10.0 Å². The Bertz CT molecular complexity index is 382. The van der Waals surface area contributed by atoms with Gasteiger partial charge in [-0.05, 0) is 74.6 Å². The van der Waals surface area contributed by atoms with Crippen LogP contribution in [0.15, 0.2) is 35.2 Å². The van der Waals surface area contributed by atoms with Crippen molar-refractivity contribution in [2.24, 2.45) is 17.8 Å². The molecule has 0 radical (unpaired) electrons. The molecule has 0 aliphatic carbocycles. The van der Waals surface area contributed by atoms with E-state index in [-0.39, 0.29) is 0 Å². The fourth-order valence-corrected chi connectivity index (χ4v) is 3.70. The lowest BCUT2D eigenvalue weighted by molar-refractivity contribution is 0.271. The third kappa shape index (κ3) is 10.1. The molecule has 0 aliphatic heterocycles. The zero-order valence-corrected chi connectivity index (χ0v) is 16.5. The molecule has 1 atom stereocenters. The zero-order valence-electron chi connectivity index (χ0n) is 15.6. The number of nitrogens with one attached hydrogen (secondary N) is 2. The Balaban J connectivity index is 2.16. The van der Waals surface area contributed by atoms with Crippen molar-refractivity contribution in [3.8, 4) is 0 Å². The molecule has 1 rings (SSSR count). The fraction of sp³-hybridized carbons (Fsp3) is 0.700. The largest absolute Gasteiger partial charge is 0.314 e. The SMILES string of the molecule is CC(C)CC(CC(C)C)C(C)NCCCNSc1ccccc1. The highest BCUT2D eigenvalue weighted by Crippen LogP contribution is 2.23. The van der Waals surface area contributed by atoms with Crippen molar-refractivity contribution in [3.63, 3.8) is 0 Å². The van der Waals surface area contributed by atoms with Gasteiger partial charge in [0.25, 0.3) is 0 Å². The second kappa shape index (κ2) is 11.9. The lowest BCUT2D eigenvalue weighted by Gasteiger charge is -2.28. The van der Waals surface area contributed by atoms with Gasteiger partial charge in [-0.25, -0.2) is 0 Å². The van der Waals surface area contributed by atoms with Crippen LogP contribution in [-0.4, -0.2) is 19.1 Å². The first-order chi connectivity index (χ1) is 11.0. The Morgan fingerprint density at radius 1 is 0.870 bits per heavy atom. The standard InChI is InChI=1S/C20H36N2S/c1-16(2)14-19(15-17(3)4)18(5)21-12-9-13-22-23-20-10-7-6-8-11-20/h6-8,10-11,16-19,21-22H,9,12-15H2,1-5H3. The summed E-state index contributed by atoms with van der Waals surface area (Å²) in [5.41, 5.74) is 0. The van der Waals surface area contributed by atoms with Crippen molar-refractivity contribution in [2.75, 3.05) is 13.1 Å². The maximum atomic E-state index is 3.74. The summed E-state index contributed by atoms with van der Waals surface area (Å²) in [7, 11) is 0. The van der Waals surface area contributed by atoms with Crippen LogP contribution in [0.4, 0.5) is 0 Å². The van der Waals surface area contributed by atoms with Gasteiger partial charge in [0, 0.05) is 17.5 Å². The maximum absolute atomic E-state index is 3.74. The van der Waals surface area contributed by atoms with E-state index in [1.54, 1.807) is 11.9 Å². The minimum absolute atomic E-state index is 0.613. The Kier molecular flexibility index (Phi) is 10.7. The van der Waals surface area contributed by atoms with Crippen molar-refractivity contribution in [2.45, 2.75) is 64.8 Å². The molecule has 0 fully saturated rings. The summed E-state index contributed by atoms with van der Waals surface area (Å²) in [6.07, 6.45) is 3.82. The predicted octanol–water partition coefficient (Wildman–Crippen LogP) is 5.36. The predicted molar refractivity (Wildman–Crippen MR) is 105 cm³/mol. The summed E-state index contributed by atoms with van der Waals surface area (Å²) in [6.45, 7) is 13.8. The molecule has 0 aromatic heterocycles. The summed E-state index contributed by atoms with van der Waals surface area (Å²) in [5, 5.41) is 3.74. The van der Waals surface area contributed by atoms with Crippen LogP contribution in [0.1, 0.15) is 53.9 Å². The van der Waals surface area contributed by atoms with E-state index in [9.17, 15) is 0 Å². The zero-order chi connectivity index (χ0) is 17.1. The van der Waals surface area contributed by atoms with Crippen molar-refractivity contribution < 1.29 is 0 Å². The number of hydrogen-bond acceptors (Lipinski definition) is 3. The molecular formula is C20H36N2S. The molecule has 0 bridgehead atoms. The first-order valence-electron chi connectivity index (χ1n) is 9.17. The minimum Gasteiger partial charge on any atom is -0.314 e. The van der Waals surface area contributed by atoms with Gasteiger partial charge in [0.05, 0.1) is 0 Å². The van der Waals surface area contributed by atoms with Gasteiger partial charge in [0.15, 0.2) is 0 Å². The molecule has 2 nitrogen and oxygen atoms in total. The van der Waals surface area contributed by atoms with Crippen LogP contribution in [0.3, 0.4) is 0 Å². The first-order valence-corrected chi connectivity index (χ1v) is 9.98. The quantitative estimate of drug-likeness (QED) is 0.397. The second-order valence-corrected chi connectivity index (χ2v) is 8.39. The van der Waals surface area contributed by atoms with Gasteiger partial charge in [-0.2, -0.15) is 0 Å². The highest BCUT2D eigenvalue weighted by Gasteiger charge is 2.19. The molecule has 132 valence electrons. The highest BCUT2D eigenvalue weighted by molar-refractivity contribution is 7.97. The number of benzene rings is 1. The van der Waals surface area contributed by atoms with E-state index in [0.29, 0.717) is 6.04 Å². The normalized spacial score (nSPS) is 13.2. The Labute approximate surface area is 148 Å². The Morgan fingerprint density at radius 3 is 2.04 bits per heavy atom. The molecule has 1 aromatic carbocycles. The van der Waals surface area contributed by atoms with Crippen molar-refractivity contribution in [3.05, 3.63) is 30.3 Å². The topological polar surface area (TPSA) is 24.1 Å². The fourth-order valence-electron chi connectivity index (χ4n) is 3.00. The molecule has 0 saturated heterocycles. The van der Waals surface area contributed by atoms with Crippen molar-refractivity contribution >= 4 is 11.9 Å². The van der Waals surface area contributed by atoms with Crippen LogP contribution in [0, 0.1) is 17.8 Å². The van der Waals surface area contributed by atoms with E-state index in [1.165, 1.54) is 24.2 Å². The van der Waals surface area contributed by atoms with E-state index in [2.05, 4.69) is 75.0 Å². The van der Waals surface area contributed by atoms with Gasteiger partial charge in [-0.3, -0.25) is 4.72 Å². The average molecular weight is 337 g/mol. The highest BCUT2D eigenvalue weighted by atomic mass is 32.2. The van der Waals surface area contributed by atoms with Crippen molar-refractivity contribution in [1.82, 2.24) is 10.0 Å². The van der Waals surface area contributed by atoms with Gasteiger partial charge in [0.1, 0.15) is 0 Å². The van der Waals surface area contributed by atoms with Gasteiger partial charge < -0.3 is 5.32 Å². The van der Waals surface area contributed by atoms with Gasteiger partial charge >= 0.3 is 0 Å². The summed E-state index contributed by atoms with van der Waals surface area (Å²) in [4.78, 5) is 1.28. The molecule has 1 aromatic rings. The van der Waals surface area contributed by atoms with E-state index in [4.69, 9.17) is 0 Å². The first kappa shape index (κ1) is 20.5. The Morgan fingerprint density at radius 2 is 1.48 bits per heavy atom. The van der Waals surface area contributed by atoms with Gasteiger partial charge in [-0.1, -0.05) is 45.9 Å². The lowest BCUT2D eigenvalue weighted by atomic mass is 9.84. The smallest absolute Gasteiger partial charge is 0.0228 e. The lowest BCUT2D eigenvalue weighted by Crippen LogP contribution is -2.36. The van der Waals surface area contributed by atoms with Crippen LogP contribution in [-0.2, 0) is 0 Å². The average Bonchev–Trinajstić information content (AvgIpc) is 2.50. The molecule has 0 amide bonds. The molecule has 1 unspecified atom stereocenters. The summed E-state index contributed by atoms with van der Waals surface area (Å²) in [5.74, 6) is 2.36. The third-order valence-electron chi connectivity index (χ3n) is 4.11. The van der Waals surface area contributed by atoms with E-state index in [0.717, 1.165) is 30.8 Å². The molecule has 23 heavy (non-hydrogen) atoms. The van der Waals surface area contributed by atoms with Crippen LogP contribution >= 0.6 is 11.9 Å². The summed E-state index contributed by atoms with van der Waals surface area (Å²) < 4.78 is 3.45. The van der Waals surface area contributed by atoms with Gasteiger partial charge in [0.2, 0.25) is 0 Å². The molecule has 0 aliphatic rings. The molecular weight excluding hydrogens is 300 g/mol. The molecule has 2 N–H and O–H groups in total. The second-order valence-electron chi connectivity index (χ2n) is 7.42. The molecule has 0 saturated carbocycles. The molecule has 0 heterocycles. The monoisotopic (exact) mass is 336 g/mol. The van der Waals surface area contributed by atoms with Crippen LogP contribution in [0.25, 0.3) is 0 Å². The Hall–Kier alpha value is -0.510. The van der Waals surface area contributed by atoms with Gasteiger partial charge in [-0.15, -0.1) is 0 Å². The molecule has 0 spiro atoms. The van der Waals surface area contributed by atoms with E-state index in [1.807, 2.05) is 0 Å². The third-order valence-corrected chi connectivity index (χ3v) is 4.97. The number of rotatable bonds is 12. The maximum Gasteiger partial charge on any atom is 0.0228 e.